The number of hydrogen-bond donors (Lipinski definition) is 2. The van der Waals surface area contributed by atoms with Crippen molar-refractivity contribution in [2.24, 2.45) is 0 Å². The molecule has 2 N–H and O–H groups in total. The van der Waals surface area contributed by atoms with E-state index >= 15 is 0 Å². The monoisotopic (exact) mass is 441 g/mol. The van der Waals surface area contributed by atoms with Gasteiger partial charge in [-0.15, -0.1) is 0 Å². The van der Waals surface area contributed by atoms with Crippen molar-refractivity contribution in [2.45, 2.75) is 18.1 Å². The van der Waals surface area contributed by atoms with E-state index in [1.165, 1.54) is 17.8 Å². The van der Waals surface area contributed by atoms with Crippen LogP contribution >= 0.6 is 23.4 Å². The molecule has 1 aliphatic heterocycles. The molecule has 1 amide bonds. The van der Waals surface area contributed by atoms with Crippen LogP contribution in [0.1, 0.15) is 17.5 Å². The number of halogens is 1. The van der Waals surface area contributed by atoms with Gasteiger partial charge >= 0.3 is 0 Å². The summed E-state index contributed by atoms with van der Waals surface area (Å²) in [6.45, 7) is 2.54. The molecule has 152 valence electrons. The molecule has 0 saturated carbocycles. The van der Waals surface area contributed by atoms with Crippen LogP contribution in [-0.2, 0) is 0 Å². The molecule has 0 saturated heterocycles. The van der Waals surface area contributed by atoms with Crippen molar-refractivity contribution in [1.82, 2.24) is 20.3 Å². The molecule has 0 radical (unpaired) electrons. The number of furan rings is 1. The molecule has 1 unspecified atom stereocenters. The standard InChI is InChI=1S/C20H16ClN5O3S/c1-9-8-22-17-16-10-3-6-14(29-15-7-13(21)25-20(26-15)30-2)24-11(10)4-5-12(16)28-18(17)19(27)23-9/h3-7,9,22H,8H2,1-2H3,(H,23,27). The number of ether oxygens (including phenoxy) is 1. The van der Waals surface area contributed by atoms with E-state index in [1.54, 1.807) is 12.1 Å². The van der Waals surface area contributed by atoms with E-state index in [-0.39, 0.29) is 17.7 Å². The summed E-state index contributed by atoms with van der Waals surface area (Å²) in [6.07, 6.45) is 1.86. The lowest BCUT2D eigenvalue weighted by Gasteiger charge is -2.10. The second-order valence-corrected chi connectivity index (χ2v) is 7.99. The Kier molecular flexibility index (Phi) is 4.63. The van der Waals surface area contributed by atoms with Gasteiger partial charge in [0.1, 0.15) is 10.7 Å². The van der Waals surface area contributed by atoms with Crippen LogP contribution in [0.2, 0.25) is 5.15 Å². The molecule has 4 aromatic rings. The summed E-state index contributed by atoms with van der Waals surface area (Å²) >= 11 is 7.40. The van der Waals surface area contributed by atoms with E-state index in [1.807, 2.05) is 25.3 Å². The molecule has 1 aliphatic rings. The molecule has 30 heavy (non-hydrogen) atoms. The minimum absolute atomic E-state index is 0.00545. The van der Waals surface area contributed by atoms with Gasteiger partial charge in [0.15, 0.2) is 5.16 Å². The highest BCUT2D eigenvalue weighted by atomic mass is 35.5. The Morgan fingerprint density at radius 1 is 1.20 bits per heavy atom. The van der Waals surface area contributed by atoms with E-state index in [0.29, 0.717) is 45.4 Å². The van der Waals surface area contributed by atoms with Crippen LogP contribution in [0.15, 0.2) is 39.9 Å². The molecule has 8 nitrogen and oxygen atoms in total. The summed E-state index contributed by atoms with van der Waals surface area (Å²) in [4.78, 5) is 25.4. The maximum atomic E-state index is 12.5. The Morgan fingerprint density at radius 3 is 2.90 bits per heavy atom. The van der Waals surface area contributed by atoms with Crippen molar-refractivity contribution in [3.05, 3.63) is 41.2 Å². The molecule has 4 heterocycles. The number of benzene rings is 1. The van der Waals surface area contributed by atoms with E-state index in [2.05, 4.69) is 25.6 Å². The van der Waals surface area contributed by atoms with Crippen LogP contribution < -0.4 is 15.4 Å². The molecule has 10 heteroatoms. The van der Waals surface area contributed by atoms with Crippen LogP contribution in [0.3, 0.4) is 0 Å². The second kappa shape index (κ2) is 7.33. The lowest BCUT2D eigenvalue weighted by molar-refractivity contribution is 0.0920. The van der Waals surface area contributed by atoms with Gasteiger partial charge in [0.2, 0.25) is 17.5 Å². The Labute approximate surface area is 180 Å². The predicted octanol–water partition coefficient (Wildman–Crippen LogP) is 4.48. The van der Waals surface area contributed by atoms with Crippen LogP contribution in [0.4, 0.5) is 5.69 Å². The van der Waals surface area contributed by atoms with Crippen molar-refractivity contribution >= 4 is 56.8 Å². The SMILES string of the molecule is CSc1nc(Cl)cc(Oc2ccc3c(ccc4oc5c(c43)NCC(C)NC5=O)n2)n1. The normalized spacial score (nSPS) is 16.1. The summed E-state index contributed by atoms with van der Waals surface area (Å²) in [5, 5.41) is 8.71. The lowest BCUT2D eigenvalue weighted by Crippen LogP contribution is -2.34. The maximum absolute atomic E-state index is 12.5. The summed E-state index contributed by atoms with van der Waals surface area (Å²) < 4.78 is 11.6. The van der Waals surface area contributed by atoms with Crippen LogP contribution in [0, 0.1) is 0 Å². The number of nitrogens with zero attached hydrogens (tertiary/aromatic N) is 3. The third-order valence-corrected chi connectivity index (χ3v) is 5.45. The molecule has 0 aliphatic carbocycles. The second-order valence-electron chi connectivity index (χ2n) is 6.83. The van der Waals surface area contributed by atoms with E-state index in [9.17, 15) is 4.79 Å². The van der Waals surface area contributed by atoms with Gasteiger partial charge in [0.05, 0.1) is 16.6 Å². The topological polar surface area (TPSA) is 102 Å². The van der Waals surface area contributed by atoms with Crippen molar-refractivity contribution in [1.29, 1.82) is 0 Å². The van der Waals surface area contributed by atoms with Gasteiger partial charge in [-0.3, -0.25) is 4.79 Å². The summed E-state index contributed by atoms with van der Waals surface area (Å²) in [6, 6.07) is 8.80. The number of pyridine rings is 1. The van der Waals surface area contributed by atoms with E-state index in [0.717, 1.165) is 10.8 Å². The number of nitrogens with one attached hydrogen (secondary N) is 2. The van der Waals surface area contributed by atoms with E-state index in [4.69, 9.17) is 20.8 Å². The fraction of sp³-hybridized carbons (Fsp3) is 0.200. The van der Waals surface area contributed by atoms with Crippen molar-refractivity contribution < 1.29 is 13.9 Å². The van der Waals surface area contributed by atoms with Gasteiger partial charge in [0.25, 0.3) is 5.91 Å². The number of rotatable bonds is 3. The van der Waals surface area contributed by atoms with Crippen molar-refractivity contribution in [3.63, 3.8) is 0 Å². The third kappa shape index (κ3) is 3.29. The molecular formula is C20H16ClN5O3S. The molecular weight excluding hydrogens is 426 g/mol. The largest absolute Gasteiger partial charge is 0.449 e. The first kappa shape index (κ1) is 19.0. The number of hydrogen-bond acceptors (Lipinski definition) is 8. The highest BCUT2D eigenvalue weighted by Crippen LogP contribution is 2.37. The van der Waals surface area contributed by atoms with Crippen molar-refractivity contribution in [3.8, 4) is 11.8 Å². The molecule has 1 aromatic carbocycles. The first-order chi connectivity index (χ1) is 14.5. The quantitative estimate of drug-likeness (QED) is 0.272. The lowest BCUT2D eigenvalue weighted by atomic mass is 10.1. The fourth-order valence-electron chi connectivity index (χ4n) is 3.39. The average molecular weight is 442 g/mol. The molecule has 5 rings (SSSR count). The fourth-order valence-corrected chi connectivity index (χ4v) is 3.99. The third-order valence-electron chi connectivity index (χ3n) is 4.71. The van der Waals surface area contributed by atoms with Gasteiger partial charge in [-0.05, 0) is 31.4 Å². The highest BCUT2D eigenvalue weighted by molar-refractivity contribution is 7.98. The van der Waals surface area contributed by atoms with Gasteiger partial charge in [-0.25, -0.2) is 9.97 Å². The Bertz CT molecular complexity index is 1310. The molecule has 0 fully saturated rings. The smallest absolute Gasteiger partial charge is 0.289 e. The Hall–Kier alpha value is -3.04. The Morgan fingerprint density at radius 2 is 2.07 bits per heavy atom. The van der Waals surface area contributed by atoms with E-state index < -0.39 is 0 Å². The van der Waals surface area contributed by atoms with Gasteiger partial charge in [-0.2, -0.15) is 4.98 Å². The van der Waals surface area contributed by atoms with Gasteiger partial charge in [-0.1, -0.05) is 23.4 Å². The first-order valence-electron chi connectivity index (χ1n) is 9.19. The van der Waals surface area contributed by atoms with Crippen molar-refractivity contribution in [2.75, 3.05) is 18.1 Å². The molecule has 3 aromatic heterocycles. The summed E-state index contributed by atoms with van der Waals surface area (Å²) in [5.74, 6) is 0.738. The minimum Gasteiger partial charge on any atom is -0.449 e. The van der Waals surface area contributed by atoms with Crippen LogP contribution in [0.5, 0.6) is 11.8 Å². The molecule has 1 atom stereocenters. The van der Waals surface area contributed by atoms with Crippen LogP contribution in [0.25, 0.3) is 21.9 Å². The maximum Gasteiger partial charge on any atom is 0.289 e. The molecule has 0 bridgehead atoms. The average Bonchev–Trinajstić information content (AvgIpc) is 3.04. The van der Waals surface area contributed by atoms with Crippen LogP contribution in [-0.4, -0.2) is 39.7 Å². The zero-order chi connectivity index (χ0) is 20.8. The number of carbonyl (C=O) groups is 1. The Balaban J connectivity index is 1.58. The highest BCUT2D eigenvalue weighted by Gasteiger charge is 2.26. The number of amides is 1. The first-order valence-corrected chi connectivity index (χ1v) is 10.8. The van der Waals surface area contributed by atoms with Gasteiger partial charge < -0.3 is 19.8 Å². The summed E-state index contributed by atoms with van der Waals surface area (Å²) in [7, 11) is 0. The number of anilines is 1. The number of aromatic nitrogens is 3. The number of carbonyl (C=O) groups excluding carboxylic acids is 1. The number of fused-ring (bicyclic) bond motifs is 5. The number of thioether (sulfide) groups is 1. The predicted molar refractivity (Wildman–Crippen MR) is 116 cm³/mol. The zero-order valence-electron chi connectivity index (χ0n) is 16.0. The molecule has 0 spiro atoms. The minimum atomic E-state index is -0.231. The summed E-state index contributed by atoms with van der Waals surface area (Å²) in [5.41, 5.74) is 2.00. The zero-order valence-corrected chi connectivity index (χ0v) is 17.6. The van der Waals surface area contributed by atoms with Gasteiger partial charge in [0, 0.05) is 30.1 Å².